The van der Waals surface area contributed by atoms with Gasteiger partial charge >= 0.3 is 0 Å². The Labute approximate surface area is 115 Å². The van der Waals surface area contributed by atoms with E-state index in [1.165, 1.54) is 0 Å². The summed E-state index contributed by atoms with van der Waals surface area (Å²) >= 11 is 0. The summed E-state index contributed by atoms with van der Waals surface area (Å²) in [7, 11) is 0.753. The number of hydrogen-bond acceptors (Lipinski definition) is 4. The molecule has 0 aliphatic heterocycles. The summed E-state index contributed by atoms with van der Waals surface area (Å²) in [6.07, 6.45) is 0. The van der Waals surface area contributed by atoms with Gasteiger partial charge in [0.2, 0.25) is 0 Å². The van der Waals surface area contributed by atoms with Crippen LogP contribution in [0.5, 0.6) is 5.75 Å². The molecule has 2 rings (SSSR count). The van der Waals surface area contributed by atoms with E-state index < -0.39 is 10.8 Å². The maximum atomic E-state index is 12.2. The van der Waals surface area contributed by atoms with Gasteiger partial charge in [-0.25, -0.2) is 0 Å². The van der Waals surface area contributed by atoms with Crippen LogP contribution in [-0.2, 0) is 23.6 Å². The van der Waals surface area contributed by atoms with Crippen LogP contribution in [0, 0.1) is 6.92 Å². The monoisotopic (exact) mass is 279 g/mol. The Morgan fingerprint density at radius 1 is 1.26 bits per heavy atom. The second-order valence-corrected chi connectivity index (χ2v) is 5.57. The number of nitrogens with zero attached hydrogens (tertiary/aromatic N) is 3. The predicted octanol–water partition coefficient (Wildman–Crippen LogP) is 1.83. The molecule has 0 spiro atoms. The number of ether oxygens (including phenoxy) is 1. The fraction of sp³-hybridized carbons (Fsp3) is 0.385. The van der Waals surface area contributed by atoms with E-state index in [2.05, 4.69) is 10.2 Å². The van der Waals surface area contributed by atoms with Crippen molar-refractivity contribution in [1.82, 2.24) is 14.8 Å². The molecular formula is C13H17N3O2S. The SMILES string of the molecule is CCOc1ccc([S@@](=O)Cc2nnc(C)n2C)cc1. The molecule has 0 bridgehead atoms. The van der Waals surface area contributed by atoms with Gasteiger partial charge in [0.05, 0.1) is 23.2 Å². The lowest BCUT2D eigenvalue weighted by molar-refractivity contribution is 0.340. The van der Waals surface area contributed by atoms with Crippen molar-refractivity contribution >= 4 is 10.8 Å². The second kappa shape index (κ2) is 5.97. The third-order valence-corrected chi connectivity index (χ3v) is 4.16. The predicted molar refractivity (Wildman–Crippen MR) is 73.5 cm³/mol. The zero-order valence-corrected chi connectivity index (χ0v) is 12.1. The Bertz CT molecular complexity index is 578. The Morgan fingerprint density at radius 3 is 2.47 bits per heavy atom. The summed E-state index contributed by atoms with van der Waals surface area (Å²) in [6.45, 7) is 4.43. The van der Waals surface area contributed by atoms with E-state index in [0.29, 0.717) is 12.4 Å². The van der Waals surface area contributed by atoms with Gasteiger partial charge in [-0.3, -0.25) is 4.21 Å². The van der Waals surface area contributed by atoms with Crippen LogP contribution >= 0.6 is 0 Å². The van der Waals surface area contributed by atoms with E-state index in [1.807, 2.05) is 49.7 Å². The van der Waals surface area contributed by atoms with Crippen molar-refractivity contribution in [3.63, 3.8) is 0 Å². The highest BCUT2D eigenvalue weighted by Crippen LogP contribution is 2.16. The first kappa shape index (κ1) is 13.7. The summed E-state index contributed by atoms with van der Waals surface area (Å²) in [4.78, 5) is 0.768. The number of aromatic nitrogens is 3. The molecule has 102 valence electrons. The zero-order valence-electron chi connectivity index (χ0n) is 11.3. The van der Waals surface area contributed by atoms with Crippen molar-refractivity contribution in [2.45, 2.75) is 24.5 Å². The minimum absolute atomic E-state index is 0.366. The maximum Gasteiger partial charge on any atom is 0.145 e. The first-order valence-corrected chi connectivity index (χ1v) is 7.39. The maximum absolute atomic E-state index is 12.2. The van der Waals surface area contributed by atoms with Gasteiger partial charge in [-0.1, -0.05) is 0 Å². The van der Waals surface area contributed by atoms with Gasteiger partial charge in [-0.15, -0.1) is 10.2 Å². The quantitative estimate of drug-likeness (QED) is 0.838. The van der Waals surface area contributed by atoms with Crippen LogP contribution in [-0.4, -0.2) is 25.6 Å². The van der Waals surface area contributed by atoms with E-state index in [0.717, 1.165) is 22.3 Å². The zero-order chi connectivity index (χ0) is 13.8. The smallest absolute Gasteiger partial charge is 0.145 e. The van der Waals surface area contributed by atoms with Gasteiger partial charge in [0, 0.05) is 11.9 Å². The lowest BCUT2D eigenvalue weighted by atomic mass is 10.3. The first-order valence-electron chi connectivity index (χ1n) is 6.08. The van der Waals surface area contributed by atoms with Gasteiger partial charge in [-0.05, 0) is 38.1 Å². The molecule has 0 saturated carbocycles. The summed E-state index contributed by atoms with van der Waals surface area (Å²) < 4.78 is 19.4. The summed E-state index contributed by atoms with van der Waals surface area (Å²) in [5, 5.41) is 7.98. The molecule has 0 N–H and O–H groups in total. The van der Waals surface area contributed by atoms with E-state index in [9.17, 15) is 4.21 Å². The van der Waals surface area contributed by atoms with Crippen molar-refractivity contribution in [3.05, 3.63) is 35.9 Å². The van der Waals surface area contributed by atoms with E-state index in [1.54, 1.807) is 0 Å². The normalized spacial score (nSPS) is 12.4. The molecule has 1 aromatic heterocycles. The summed E-state index contributed by atoms with van der Waals surface area (Å²) in [5.41, 5.74) is 0. The molecule has 0 unspecified atom stereocenters. The van der Waals surface area contributed by atoms with Crippen LogP contribution in [0.25, 0.3) is 0 Å². The lowest BCUT2D eigenvalue weighted by Crippen LogP contribution is -2.04. The van der Waals surface area contributed by atoms with Crippen molar-refractivity contribution in [1.29, 1.82) is 0 Å². The van der Waals surface area contributed by atoms with Gasteiger partial charge < -0.3 is 9.30 Å². The van der Waals surface area contributed by atoms with Crippen LogP contribution in [0.1, 0.15) is 18.6 Å². The Kier molecular flexibility index (Phi) is 4.31. The number of aryl methyl sites for hydroxylation is 1. The van der Waals surface area contributed by atoms with Gasteiger partial charge in [0.1, 0.15) is 17.4 Å². The molecule has 1 heterocycles. The second-order valence-electron chi connectivity index (χ2n) is 4.12. The Morgan fingerprint density at radius 2 is 1.95 bits per heavy atom. The molecule has 1 atom stereocenters. The Balaban J connectivity index is 2.09. The number of benzene rings is 1. The molecule has 1 aromatic carbocycles. The topological polar surface area (TPSA) is 57.0 Å². The third-order valence-electron chi connectivity index (χ3n) is 2.84. The van der Waals surface area contributed by atoms with Crippen molar-refractivity contribution in [3.8, 4) is 5.75 Å². The molecular weight excluding hydrogens is 262 g/mol. The highest BCUT2D eigenvalue weighted by Gasteiger charge is 2.11. The minimum Gasteiger partial charge on any atom is -0.494 e. The van der Waals surface area contributed by atoms with Crippen molar-refractivity contribution < 1.29 is 8.95 Å². The fourth-order valence-corrected chi connectivity index (χ4v) is 2.72. The molecule has 0 amide bonds. The van der Waals surface area contributed by atoms with Crippen LogP contribution in [0.2, 0.25) is 0 Å². The van der Waals surface area contributed by atoms with Crippen LogP contribution < -0.4 is 4.74 Å². The molecule has 0 aliphatic rings. The molecule has 19 heavy (non-hydrogen) atoms. The average Bonchev–Trinajstić information content (AvgIpc) is 2.72. The molecule has 0 aliphatic carbocycles. The van der Waals surface area contributed by atoms with Crippen LogP contribution in [0.4, 0.5) is 0 Å². The molecule has 6 heteroatoms. The number of rotatable bonds is 5. The standard InChI is InChI=1S/C13H17N3O2S/c1-4-18-11-5-7-12(8-6-11)19(17)9-13-15-14-10(2)16(13)3/h5-8H,4,9H2,1-3H3/t19-/m0/s1. The lowest BCUT2D eigenvalue weighted by Gasteiger charge is -2.05. The first-order chi connectivity index (χ1) is 9.11. The largest absolute Gasteiger partial charge is 0.494 e. The summed E-state index contributed by atoms with van der Waals surface area (Å²) in [6, 6.07) is 7.31. The van der Waals surface area contributed by atoms with Crippen molar-refractivity contribution in [2.75, 3.05) is 6.61 Å². The van der Waals surface area contributed by atoms with Gasteiger partial charge in [0.25, 0.3) is 0 Å². The molecule has 0 fully saturated rings. The molecule has 5 nitrogen and oxygen atoms in total. The molecule has 2 aromatic rings. The van der Waals surface area contributed by atoms with Crippen LogP contribution in [0.15, 0.2) is 29.2 Å². The highest BCUT2D eigenvalue weighted by atomic mass is 32.2. The van der Waals surface area contributed by atoms with E-state index in [4.69, 9.17) is 4.74 Å². The highest BCUT2D eigenvalue weighted by molar-refractivity contribution is 7.84. The third kappa shape index (κ3) is 3.20. The van der Waals surface area contributed by atoms with Gasteiger partial charge in [-0.2, -0.15) is 0 Å². The van der Waals surface area contributed by atoms with Gasteiger partial charge in [0.15, 0.2) is 0 Å². The molecule has 0 saturated heterocycles. The van der Waals surface area contributed by atoms with Crippen LogP contribution in [0.3, 0.4) is 0 Å². The molecule has 0 radical (unpaired) electrons. The average molecular weight is 279 g/mol. The van der Waals surface area contributed by atoms with E-state index >= 15 is 0 Å². The number of hydrogen-bond donors (Lipinski definition) is 0. The summed E-state index contributed by atoms with van der Waals surface area (Å²) in [5.74, 6) is 2.70. The van der Waals surface area contributed by atoms with Crippen molar-refractivity contribution in [2.24, 2.45) is 7.05 Å². The minimum atomic E-state index is -1.12. The Hall–Kier alpha value is -1.69. The van der Waals surface area contributed by atoms with E-state index in [-0.39, 0.29) is 0 Å². The fourth-order valence-electron chi connectivity index (χ4n) is 1.63.